The molecular formula is C14H24N4O. The Morgan fingerprint density at radius 3 is 2.47 bits per heavy atom. The van der Waals surface area contributed by atoms with E-state index < -0.39 is 0 Å². The van der Waals surface area contributed by atoms with E-state index in [1.165, 1.54) is 12.8 Å². The monoisotopic (exact) mass is 264 g/mol. The van der Waals surface area contributed by atoms with Crippen LogP contribution in [0, 0.1) is 5.41 Å². The van der Waals surface area contributed by atoms with E-state index in [0.29, 0.717) is 18.6 Å². The fourth-order valence-electron chi connectivity index (χ4n) is 1.81. The number of ether oxygens (including phenoxy) is 1. The number of nitrogens with one attached hydrogen (secondary N) is 2. The molecule has 1 aliphatic rings. The van der Waals surface area contributed by atoms with Gasteiger partial charge in [-0.1, -0.05) is 6.92 Å². The first-order chi connectivity index (χ1) is 9.15. The standard InChI is InChI=1S/C14H24N4O/c1-4-15-11-8-12(16-10-14(3)6-7-14)18-13(17-11)9-19-5-2/h8H,4-7,9-10H2,1-3H3,(H2,15,16,17,18). The van der Waals surface area contributed by atoms with E-state index in [1.807, 2.05) is 13.0 Å². The highest BCUT2D eigenvalue weighted by atomic mass is 16.5. The van der Waals surface area contributed by atoms with Crippen LogP contribution in [0.4, 0.5) is 11.6 Å². The van der Waals surface area contributed by atoms with Gasteiger partial charge in [0.1, 0.15) is 18.2 Å². The van der Waals surface area contributed by atoms with Gasteiger partial charge in [0.25, 0.3) is 0 Å². The zero-order chi connectivity index (χ0) is 13.7. The van der Waals surface area contributed by atoms with Crippen LogP contribution >= 0.6 is 0 Å². The first kappa shape index (κ1) is 14.1. The normalized spacial score (nSPS) is 16.2. The summed E-state index contributed by atoms with van der Waals surface area (Å²) in [6, 6.07) is 1.96. The van der Waals surface area contributed by atoms with Crippen molar-refractivity contribution in [2.75, 3.05) is 30.3 Å². The van der Waals surface area contributed by atoms with Crippen LogP contribution in [0.2, 0.25) is 0 Å². The summed E-state index contributed by atoms with van der Waals surface area (Å²) in [6.07, 6.45) is 2.61. The second-order valence-electron chi connectivity index (χ2n) is 5.39. The Balaban J connectivity index is 2.03. The number of rotatable bonds is 8. The molecule has 0 unspecified atom stereocenters. The van der Waals surface area contributed by atoms with E-state index in [2.05, 4.69) is 34.4 Å². The molecule has 1 aromatic heterocycles. The second-order valence-corrected chi connectivity index (χ2v) is 5.39. The number of hydrogen-bond donors (Lipinski definition) is 2. The lowest BCUT2D eigenvalue weighted by Crippen LogP contribution is -2.14. The first-order valence-electron chi connectivity index (χ1n) is 7.08. The maximum absolute atomic E-state index is 5.38. The van der Waals surface area contributed by atoms with Gasteiger partial charge in [-0.15, -0.1) is 0 Å². The molecule has 2 N–H and O–H groups in total. The molecule has 1 heterocycles. The molecule has 1 aromatic rings. The van der Waals surface area contributed by atoms with Crippen molar-refractivity contribution in [3.05, 3.63) is 11.9 Å². The van der Waals surface area contributed by atoms with Crippen molar-refractivity contribution >= 4 is 11.6 Å². The van der Waals surface area contributed by atoms with Gasteiger partial charge in [-0.05, 0) is 32.1 Å². The summed E-state index contributed by atoms with van der Waals surface area (Å²) >= 11 is 0. The topological polar surface area (TPSA) is 59.1 Å². The summed E-state index contributed by atoms with van der Waals surface area (Å²) < 4.78 is 5.38. The van der Waals surface area contributed by atoms with Gasteiger partial charge in [-0.25, -0.2) is 9.97 Å². The van der Waals surface area contributed by atoms with E-state index in [1.54, 1.807) is 0 Å². The van der Waals surface area contributed by atoms with Gasteiger partial charge in [-0.2, -0.15) is 0 Å². The van der Waals surface area contributed by atoms with Crippen molar-refractivity contribution in [2.45, 2.75) is 40.2 Å². The third-order valence-corrected chi connectivity index (χ3v) is 3.37. The Kier molecular flexibility index (Phi) is 4.58. The molecule has 2 rings (SSSR count). The van der Waals surface area contributed by atoms with Crippen molar-refractivity contribution < 1.29 is 4.74 Å². The minimum absolute atomic E-state index is 0.460. The Morgan fingerprint density at radius 1 is 1.21 bits per heavy atom. The lowest BCUT2D eigenvalue weighted by Gasteiger charge is -2.13. The molecule has 0 radical (unpaired) electrons. The molecule has 1 aliphatic carbocycles. The van der Waals surface area contributed by atoms with Crippen LogP contribution in [0.15, 0.2) is 6.07 Å². The highest BCUT2D eigenvalue weighted by Gasteiger charge is 2.36. The third-order valence-electron chi connectivity index (χ3n) is 3.37. The Labute approximate surface area is 115 Å². The summed E-state index contributed by atoms with van der Waals surface area (Å²) in [5.74, 6) is 2.47. The molecular weight excluding hydrogens is 240 g/mol. The van der Waals surface area contributed by atoms with Crippen molar-refractivity contribution in [1.29, 1.82) is 0 Å². The molecule has 19 heavy (non-hydrogen) atoms. The average Bonchev–Trinajstić information content (AvgIpc) is 3.13. The molecule has 5 nitrogen and oxygen atoms in total. The molecule has 0 atom stereocenters. The van der Waals surface area contributed by atoms with E-state index in [0.717, 1.165) is 30.5 Å². The third kappa shape index (κ3) is 4.35. The van der Waals surface area contributed by atoms with Gasteiger partial charge in [0.05, 0.1) is 0 Å². The largest absolute Gasteiger partial charge is 0.374 e. The van der Waals surface area contributed by atoms with Crippen LogP contribution < -0.4 is 10.6 Å². The fraction of sp³-hybridized carbons (Fsp3) is 0.714. The van der Waals surface area contributed by atoms with Crippen molar-refractivity contribution in [2.24, 2.45) is 5.41 Å². The number of nitrogens with zero attached hydrogens (tertiary/aromatic N) is 2. The van der Waals surface area contributed by atoms with Gasteiger partial charge in [-0.3, -0.25) is 0 Å². The van der Waals surface area contributed by atoms with E-state index in [9.17, 15) is 0 Å². The van der Waals surface area contributed by atoms with Crippen LogP contribution in [-0.4, -0.2) is 29.7 Å². The predicted octanol–water partition coefficient (Wildman–Crippen LogP) is 2.66. The van der Waals surface area contributed by atoms with E-state index in [4.69, 9.17) is 4.74 Å². The van der Waals surface area contributed by atoms with Crippen LogP contribution in [0.3, 0.4) is 0 Å². The first-order valence-corrected chi connectivity index (χ1v) is 7.08. The summed E-state index contributed by atoms with van der Waals surface area (Å²) in [5.41, 5.74) is 0.462. The van der Waals surface area contributed by atoms with Crippen LogP contribution in [-0.2, 0) is 11.3 Å². The molecule has 5 heteroatoms. The van der Waals surface area contributed by atoms with E-state index >= 15 is 0 Å². The van der Waals surface area contributed by atoms with Crippen molar-refractivity contribution in [3.8, 4) is 0 Å². The maximum Gasteiger partial charge on any atom is 0.158 e. The minimum atomic E-state index is 0.460. The van der Waals surface area contributed by atoms with Crippen LogP contribution in [0.25, 0.3) is 0 Å². The highest BCUT2D eigenvalue weighted by Crippen LogP contribution is 2.44. The second kappa shape index (κ2) is 6.19. The molecule has 106 valence electrons. The summed E-state index contributed by atoms with van der Waals surface area (Å²) in [7, 11) is 0. The van der Waals surface area contributed by atoms with Gasteiger partial charge < -0.3 is 15.4 Å². The lowest BCUT2D eigenvalue weighted by molar-refractivity contribution is 0.128. The SMILES string of the molecule is CCNc1cc(NCC2(C)CC2)nc(COCC)n1. The quantitative estimate of drug-likeness (QED) is 0.756. The highest BCUT2D eigenvalue weighted by molar-refractivity contribution is 5.47. The fourth-order valence-corrected chi connectivity index (χ4v) is 1.81. The molecule has 1 saturated carbocycles. The molecule has 0 saturated heterocycles. The van der Waals surface area contributed by atoms with Gasteiger partial charge in [0, 0.05) is 25.8 Å². The molecule has 0 spiro atoms. The molecule has 1 fully saturated rings. The summed E-state index contributed by atoms with van der Waals surface area (Å²) in [4.78, 5) is 8.93. The lowest BCUT2D eigenvalue weighted by atomic mass is 10.1. The molecule has 0 aliphatic heterocycles. The van der Waals surface area contributed by atoms with Crippen LogP contribution in [0.1, 0.15) is 39.4 Å². The predicted molar refractivity (Wildman–Crippen MR) is 77.4 cm³/mol. The van der Waals surface area contributed by atoms with Gasteiger partial charge >= 0.3 is 0 Å². The van der Waals surface area contributed by atoms with Crippen molar-refractivity contribution in [1.82, 2.24) is 9.97 Å². The zero-order valence-electron chi connectivity index (χ0n) is 12.1. The molecule has 0 aromatic carbocycles. The van der Waals surface area contributed by atoms with Crippen LogP contribution in [0.5, 0.6) is 0 Å². The Bertz CT molecular complexity index is 418. The number of aromatic nitrogens is 2. The average molecular weight is 264 g/mol. The Morgan fingerprint density at radius 2 is 1.89 bits per heavy atom. The van der Waals surface area contributed by atoms with Crippen molar-refractivity contribution in [3.63, 3.8) is 0 Å². The maximum atomic E-state index is 5.38. The van der Waals surface area contributed by atoms with Gasteiger partial charge in [0.15, 0.2) is 5.82 Å². The molecule has 0 amide bonds. The smallest absolute Gasteiger partial charge is 0.158 e. The van der Waals surface area contributed by atoms with E-state index in [-0.39, 0.29) is 0 Å². The summed E-state index contributed by atoms with van der Waals surface area (Å²) in [5, 5.41) is 6.65. The Hall–Kier alpha value is -1.36. The van der Waals surface area contributed by atoms with Gasteiger partial charge in [0.2, 0.25) is 0 Å². The minimum Gasteiger partial charge on any atom is -0.374 e. The molecule has 0 bridgehead atoms. The zero-order valence-corrected chi connectivity index (χ0v) is 12.1. The number of anilines is 2. The summed E-state index contributed by atoms with van der Waals surface area (Å²) in [6.45, 7) is 9.29. The number of hydrogen-bond acceptors (Lipinski definition) is 5.